The molecule has 0 radical (unpaired) electrons. The largest absolute Gasteiger partial charge is 0.381 e. The Morgan fingerprint density at radius 1 is 1.56 bits per heavy atom. The van der Waals surface area contributed by atoms with Crippen molar-refractivity contribution < 1.29 is 9.47 Å². The molecule has 2 rings (SSSR count). The molecule has 1 saturated heterocycles. The van der Waals surface area contributed by atoms with Gasteiger partial charge in [0.25, 0.3) is 0 Å². The van der Waals surface area contributed by atoms with Crippen molar-refractivity contribution in [2.24, 2.45) is 0 Å². The van der Waals surface area contributed by atoms with Gasteiger partial charge in [0.1, 0.15) is 0 Å². The third kappa shape index (κ3) is 2.91. The fourth-order valence-electron chi connectivity index (χ4n) is 2.63. The Balaban J connectivity index is 2.10. The van der Waals surface area contributed by atoms with E-state index in [9.17, 15) is 0 Å². The minimum absolute atomic E-state index is 0.118. The van der Waals surface area contributed by atoms with E-state index in [1.807, 2.05) is 21.1 Å². The first kappa shape index (κ1) is 13.9. The van der Waals surface area contributed by atoms with Gasteiger partial charge in [-0.2, -0.15) is 0 Å². The van der Waals surface area contributed by atoms with Crippen LogP contribution in [0.15, 0.2) is 5.38 Å². The number of hydrogen-bond acceptors (Lipinski definition) is 5. The molecule has 2 heterocycles. The van der Waals surface area contributed by atoms with E-state index < -0.39 is 0 Å². The molecule has 18 heavy (non-hydrogen) atoms. The average Bonchev–Trinajstić information content (AvgIpc) is 2.82. The molecule has 1 aromatic heterocycles. The van der Waals surface area contributed by atoms with Gasteiger partial charge in [-0.3, -0.25) is 0 Å². The number of hydrogen-bond donors (Lipinski definition) is 1. The van der Waals surface area contributed by atoms with Gasteiger partial charge >= 0.3 is 0 Å². The fraction of sp³-hybridized carbons (Fsp3) is 0.769. The lowest BCUT2D eigenvalue weighted by Crippen LogP contribution is -2.55. The Labute approximate surface area is 113 Å². The molecule has 1 atom stereocenters. The molecular formula is C13H22N2O2S. The van der Waals surface area contributed by atoms with E-state index in [1.165, 1.54) is 5.01 Å². The summed E-state index contributed by atoms with van der Waals surface area (Å²) in [5.41, 5.74) is 0.982. The van der Waals surface area contributed by atoms with Crippen LogP contribution in [0.4, 0.5) is 0 Å². The summed E-state index contributed by atoms with van der Waals surface area (Å²) in [5, 5.41) is 6.69. The molecule has 1 unspecified atom stereocenters. The van der Waals surface area contributed by atoms with Crippen molar-refractivity contribution in [2.45, 2.75) is 37.8 Å². The van der Waals surface area contributed by atoms with Crippen molar-refractivity contribution in [2.75, 3.05) is 27.4 Å². The molecule has 1 fully saturated rings. The van der Waals surface area contributed by atoms with Crippen molar-refractivity contribution in [1.29, 1.82) is 0 Å². The van der Waals surface area contributed by atoms with Gasteiger partial charge in [0.15, 0.2) is 0 Å². The number of methoxy groups -OCH3 is 1. The summed E-state index contributed by atoms with van der Waals surface area (Å²) >= 11 is 1.73. The van der Waals surface area contributed by atoms with E-state index in [1.54, 1.807) is 11.3 Å². The summed E-state index contributed by atoms with van der Waals surface area (Å²) in [7, 11) is 3.81. The van der Waals surface area contributed by atoms with Gasteiger partial charge in [0.05, 0.1) is 10.6 Å². The zero-order chi connectivity index (χ0) is 13.0. The van der Waals surface area contributed by atoms with Gasteiger partial charge < -0.3 is 14.8 Å². The molecule has 1 aromatic rings. The lowest BCUT2D eigenvalue weighted by molar-refractivity contribution is -0.109. The van der Waals surface area contributed by atoms with Gasteiger partial charge in [0, 0.05) is 56.7 Å². The quantitative estimate of drug-likeness (QED) is 0.885. The SMILES string of the molecule is CNC(Cc1nc(C)cs1)C1(OC)CCOCC1. The second-order valence-electron chi connectivity index (χ2n) is 4.81. The predicted octanol–water partition coefficient (Wildman–Crippen LogP) is 1.78. The fourth-order valence-corrected chi connectivity index (χ4v) is 3.45. The monoisotopic (exact) mass is 270 g/mol. The predicted molar refractivity (Wildman–Crippen MR) is 73.2 cm³/mol. The van der Waals surface area contributed by atoms with Gasteiger partial charge in [0.2, 0.25) is 0 Å². The molecule has 0 amide bonds. The summed E-state index contributed by atoms with van der Waals surface area (Å²) in [4.78, 5) is 4.55. The number of aromatic nitrogens is 1. The number of ether oxygens (including phenoxy) is 2. The average molecular weight is 270 g/mol. The van der Waals surface area contributed by atoms with Crippen molar-refractivity contribution in [3.63, 3.8) is 0 Å². The molecule has 1 N–H and O–H groups in total. The van der Waals surface area contributed by atoms with E-state index in [0.717, 1.165) is 38.2 Å². The highest BCUT2D eigenvalue weighted by Gasteiger charge is 2.40. The zero-order valence-electron chi connectivity index (χ0n) is 11.4. The normalized spacial score (nSPS) is 20.8. The lowest BCUT2D eigenvalue weighted by atomic mass is 9.84. The number of nitrogens with one attached hydrogen (secondary N) is 1. The maximum Gasteiger partial charge on any atom is 0.0944 e. The summed E-state index contributed by atoms with van der Waals surface area (Å²) in [6.07, 6.45) is 2.81. The first-order valence-electron chi connectivity index (χ1n) is 6.41. The number of thiazole rings is 1. The van der Waals surface area contributed by atoms with Crippen LogP contribution in [-0.2, 0) is 15.9 Å². The summed E-state index contributed by atoms with van der Waals surface area (Å²) in [5.74, 6) is 0. The van der Waals surface area contributed by atoms with Gasteiger partial charge in [-0.05, 0) is 14.0 Å². The van der Waals surface area contributed by atoms with Gasteiger partial charge in [-0.1, -0.05) is 0 Å². The van der Waals surface area contributed by atoms with Crippen LogP contribution in [0, 0.1) is 6.92 Å². The molecule has 0 spiro atoms. The molecule has 5 heteroatoms. The van der Waals surface area contributed by atoms with Crippen LogP contribution in [0.3, 0.4) is 0 Å². The van der Waals surface area contributed by atoms with E-state index in [-0.39, 0.29) is 11.6 Å². The molecule has 4 nitrogen and oxygen atoms in total. The Morgan fingerprint density at radius 2 is 2.28 bits per heavy atom. The van der Waals surface area contributed by atoms with Crippen molar-refractivity contribution in [1.82, 2.24) is 10.3 Å². The van der Waals surface area contributed by atoms with Crippen LogP contribution in [0.25, 0.3) is 0 Å². The van der Waals surface area contributed by atoms with Crippen molar-refractivity contribution >= 4 is 11.3 Å². The van der Waals surface area contributed by atoms with Crippen LogP contribution < -0.4 is 5.32 Å². The first-order chi connectivity index (χ1) is 8.70. The smallest absolute Gasteiger partial charge is 0.0944 e. The summed E-state index contributed by atoms with van der Waals surface area (Å²) in [6.45, 7) is 3.60. The molecule has 0 bridgehead atoms. The molecular weight excluding hydrogens is 248 g/mol. The Hall–Kier alpha value is -0.490. The summed E-state index contributed by atoms with van der Waals surface area (Å²) in [6, 6.07) is 0.289. The molecule has 1 aliphatic heterocycles. The Morgan fingerprint density at radius 3 is 2.78 bits per heavy atom. The van der Waals surface area contributed by atoms with Crippen LogP contribution in [0.2, 0.25) is 0 Å². The van der Waals surface area contributed by atoms with E-state index in [2.05, 4.69) is 15.7 Å². The number of aryl methyl sites for hydroxylation is 1. The van der Waals surface area contributed by atoms with Crippen LogP contribution in [0.1, 0.15) is 23.5 Å². The van der Waals surface area contributed by atoms with E-state index >= 15 is 0 Å². The standard InChI is InChI=1S/C13H22N2O2S/c1-10-9-18-12(15-10)8-11(14-2)13(16-3)4-6-17-7-5-13/h9,11,14H,4-8H2,1-3H3. The third-order valence-corrected chi connectivity index (χ3v) is 4.76. The molecule has 0 aliphatic carbocycles. The topological polar surface area (TPSA) is 43.4 Å². The lowest BCUT2D eigenvalue weighted by Gasteiger charge is -2.42. The molecule has 0 aromatic carbocycles. The van der Waals surface area contributed by atoms with E-state index in [0.29, 0.717) is 0 Å². The van der Waals surface area contributed by atoms with Crippen molar-refractivity contribution in [3.8, 4) is 0 Å². The number of likely N-dealkylation sites (N-methyl/N-ethyl adjacent to an activating group) is 1. The Kier molecular flexibility index (Phi) is 4.72. The van der Waals surface area contributed by atoms with Crippen LogP contribution in [-0.4, -0.2) is 44.0 Å². The molecule has 102 valence electrons. The second-order valence-corrected chi connectivity index (χ2v) is 5.75. The van der Waals surface area contributed by atoms with Crippen molar-refractivity contribution in [3.05, 3.63) is 16.1 Å². The Bertz CT molecular complexity index is 375. The number of nitrogens with zero attached hydrogens (tertiary/aromatic N) is 1. The number of rotatable bonds is 5. The van der Waals surface area contributed by atoms with Gasteiger partial charge in [-0.25, -0.2) is 4.98 Å². The maximum atomic E-state index is 5.85. The first-order valence-corrected chi connectivity index (χ1v) is 7.29. The zero-order valence-corrected chi connectivity index (χ0v) is 12.2. The van der Waals surface area contributed by atoms with Crippen LogP contribution >= 0.6 is 11.3 Å². The highest BCUT2D eigenvalue weighted by molar-refractivity contribution is 7.09. The highest BCUT2D eigenvalue weighted by Crippen LogP contribution is 2.30. The highest BCUT2D eigenvalue weighted by atomic mass is 32.1. The maximum absolute atomic E-state index is 5.85. The summed E-state index contributed by atoms with van der Waals surface area (Å²) < 4.78 is 11.3. The molecule has 0 saturated carbocycles. The second kappa shape index (κ2) is 6.10. The van der Waals surface area contributed by atoms with Gasteiger partial charge in [-0.15, -0.1) is 11.3 Å². The van der Waals surface area contributed by atoms with Crippen LogP contribution in [0.5, 0.6) is 0 Å². The third-order valence-electron chi connectivity index (χ3n) is 3.77. The minimum Gasteiger partial charge on any atom is -0.381 e. The minimum atomic E-state index is -0.118. The molecule has 1 aliphatic rings. The van der Waals surface area contributed by atoms with E-state index in [4.69, 9.17) is 9.47 Å².